The zero-order valence-corrected chi connectivity index (χ0v) is 41.6. The summed E-state index contributed by atoms with van der Waals surface area (Å²) in [6, 6.07) is 33.3. The molecule has 0 atom stereocenters. The molecule has 0 saturated carbocycles. The predicted octanol–water partition coefficient (Wildman–Crippen LogP) is 14.9. The Balaban J connectivity index is 1.03. The lowest BCUT2D eigenvalue weighted by molar-refractivity contribution is 0.579. The van der Waals surface area contributed by atoms with E-state index < -0.39 is 0 Å². The van der Waals surface area contributed by atoms with Gasteiger partial charge in [-0.2, -0.15) is 0 Å². The van der Waals surface area contributed by atoms with E-state index in [4.69, 9.17) is 0 Å². The molecule has 2 aliphatic heterocycles. The van der Waals surface area contributed by atoms with Crippen molar-refractivity contribution in [3.8, 4) is 22.3 Å². The first-order valence-electron chi connectivity index (χ1n) is 23.6. The Morgan fingerprint density at radius 3 is 0.938 bits per heavy atom. The molecule has 5 aromatic carbocycles. The van der Waals surface area contributed by atoms with E-state index in [0.29, 0.717) is 0 Å². The van der Waals surface area contributed by atoms with Gasteiger partial charge in [-0.1, -0.05) is 184 Å². The van der Waals surface area contributed by atoms with E-state index in [2.05, 4.69) is 255 Å². The number of nitrogens with zero attached hydrogens (tertiary/aromatic N) is 2. The molecule has 0 amide bonds. The van der Waals surface area contributed by atoms with Crippen LogP contribution in [0.25, 0.3) is 33.4 Å². The maximum Gasteiger partial charge on any atom is 0.0533 e. The van der Waals surface area contributed by atoms with Gasteiger partial charge in [-0.05, 0) is 135 Å². The second-order valence-electron chi connectivity index (χ2n) is 24.2. The standard InChI is InChI=1S/C62H70N2/c1-57(2,3)43-21-23-47-49(33-43)61(13,14)51-35-45(59(7,8)9)37-53(55(47)51)63-29-25-41(26-30-63)39-17-19-40(20-18-39)42-27-31-64(32-28-42)54-38-46(60(10,11)12)36-52-56(54)48-24-22-44(58(4,5)6)34-50(48)62(52,15)16/h17-38H,1-16H3. The second-order valence-corrected chi connectivity index (χ2v) is 24.2. The lowest BCUT2D eigenvalue weighted by Crippen LogP contribution is -2.21. The molecule has 0 aromatic heterocycles. The van der Waals surface area contributed by atoms with Crippen LogP contribution in [0.5, 0.6) is 0 Å². The summed E-state index contributed by atoms with van der Waals surface area (Å²) in [6.07, 6.45) is 18.1. The average molecular weight is 843 g/mol. The lowest BCUT2D eigenvalue weighted by Gasteiger charge is -2.29. The summed E-state index contributed by atoms with van der Waals surface area (Å²) < 4.78 is 0. The zero-order valence-electron chi connectivity index (χ0n) is 41.6. The molecule has 2 aliphatic carbocycles. The van der Waals surface area contributed by atoms with E-state index >= 15 is 0 Å². The summed E-state index contributed by atoms with van der Waals surface area (Å²) in [5, 5.41) is 2.42. The third-order valence-corrected chi connectivity index (χ3v) is 14.7. The van der Waals surface area contributed by atoms with Crippen molar-refractivity contribution in [1.29, 1.82) is 0 Å². The number of hydrogen-bond acceptors (Lipinski definition) is 2. The molecule has 0 spiro atoms. The Hall–Kier alpha value is -5.60. The fourth-order valence-corrected chi connectivity index (χ4v) is 10.3. The average Bonchev–Trinajstić information content (AvgIpc) is 3.61. The molecule has 2 heteroatoms. The molecule has 64 heavy (non-hydrogen) atoms. The van der Waals surface area contributed by atoms with Gasteiger partial charge >= 0.3 is 0 Å². The molecule has 0 bridgehead atoms. The van der Waals surface area contributed by atoms with Crippen LogP contribution >= 0.6 is 0 Å². The molecule has 9 rings (SSSR count). The van der Waals surface area contributed by atoms with Crippen molar-refractivity contribution < 1.29 is 0 Å². The first-order chi connectivity index (χ1) is 29.7. The topological polar surface area (TPSA) is 6.48 Å². The van der Waals surface area contributed by atoms with Crippen molar-refractivity contribution >= 4 is 22.5 Å². The van der Waals surface area contributed by atoms with Crippen molar-refractivity contribution in [3.63, 3.8) is 0 Å². The van der Waals surface area contributed by atoms with Crippen LogP contribution < -0.4 is 20.2 Å². The van der Waals surface area contributed by atoms with Gasteiger partial charge in [-0.15, -0.1) is 0 Å². The van der Waals surface area contributed by atoms with Crippen LogP contribution in [0.3, 0.4) is 0 Å². The van der Waals surface area contributed by atoms with E-state index in [-0.39, 0.29) is 32.5 Å². The van der Waals surface area contributed by atoms with Crippen molar-refractivity contribution in [1.82, 2.24) is 0 Å². The molecule has 4 aliphatic rings. The van der Waals surface area contributed by atoms with Gasteiger partial charge in [-0.3, -0.25) is 0 Å². The first kappa shape index (κ1) is 43.6. The van der Waals surface area contributed by atoms with Gasteiger partial charge in [0, 0.05) is 46.8 Å². The molecular weight excluding hydrogens is 773 g/mol. The van der Waals surface area contributed by atoms with Crippen LogP contribution in [-0.2, 0) is 32.5 Å². The number of fused-ring (bicyclic) bond motifs is 6. The summed E-state index contributed by atoms with van der Waals surface area (Å²) in [5.41, 5.74) is 21.5. The highest BCUT2D eigenvalue weighted by Gasteiger charge is 2.41. The maximum absolute atomic E-state index is 2.48. The van der Waals surface area contributed by atoms with Crippen molar-refractivity contribution in [3.05, 3.63) is 189 Å². The quantitative estimate of drug-likeness (QED) is 0.175. The van der Waals surface area contributed by atoms with Crippen molar-refractivity contribution in [2.24, 2.45) is 0 Å². The van der Waals surface area contributed by atoms with Gasteiger partial charge in [0.15, 0.2) is 0 Å². The lowest BCUT2D eigenvalue weighted by atomic mass is 9.77. The van der Waals surface area contributed by atoms with Crippen molar-refractivity contribution in [2.75, 3.05) is 9.80 Å². The summed E-state index contributed by atoms with van der Waals surface area (Å²) >= 11 is 0. The third-order valence-electron chi connectivity index (χ3n) is 14.7. The maximum atomic E-state index is 2.48. The minimum absolute atomic E-state index is 0.0179. The van der Waals surface area contributed by atoms with Crippen LogP contribution in [0.2, 0.25) is 0 Å². The number of anilines is 2. The van der Waals surface area contributed by atoms with Crippen LogP contribution in [0.4, 0.5) is 11.4 Å². The Labute approximate surface area is 385 Å². The summed E-state index contributed by atoms with van der Waals surface area (Å²) in [4.78, 5) is 4.67. The Morgan fingerprint density at radius 1 is 0.344 bits per heavy atom. The van der Waals surface area contributed by atoms with E-state index in [0.717, 1.165) is 0 Å². The predicted molar refractivity (Wildman–Crippen MR) is 277 cm³/mol. The van der Waals surface area contributed by atoms with Gasteiger partial charge < -0.3 is 9.80 Å². The summed E-state index contributed by atoms with van der Waals surface area (Å²) in [7, 11) is 0. The summed E-state index contributed by atoms with van der Waals surface area (Å²) in [6.45, 7) is 37.5. The van der Waals surface area contributed by atoms with Crippen LogP contribution in [-0.4, -0.2) is 0 Å². The van der Waals surface area contributed by atoms with Crippen LogP contribution in [0.1, 0.15) is 155 Å². The minimum Gasteiger partial charge on any atom is -0.323 e. The highest BCUT2D eigenvalue weighted by molar-refractivity contribution is 5.94. The van der Waals surface area contributed by atoms with Gasteiger partial charge in [0.2, 0.25) is 0 Å². The number of benzene rings is 5. The van der Waals surface area contributed by atoms with Crippen LogP contribution in [0, 0.1) is 0 Å². The molecule has 0 N–H and O–H groups in total. The molecule has 0 fully saturated rings. The van der Waals surface area contributed by atoms with E-state index in [1.54, 1.807) is 0 Å². The van der Waals surface area contributed by atoms with Gasteiger partial charge in [0.05, 0.1) is 11.4 Å². The number of rotatable bonds is 2. The highest BCUT2D eigenvalue weighted by Crippen LogP contribution is 2.56. The fraction of sp³-hybridized carbons (Fsp3) is 0.355. The molecule has 328 valence electrons. The smallest absolute Gasteiger partial charge is 0.0533 e. The molecule has 0 radical (unpaired) electrons. The van der Waals surface area contributed by atoms with Crippen LogP contribution in [0.15, 0.2) is 134 Å². The third kappa shape index (κ3) is 7.26. The monoisotopic (exact) mass is 843 g/mol. The molecule has 5 aromatic rings. The normalized spacial score (nSPS) is 17.2. The SMILES string of the molecule is CC(C)(C)c1ccc2c(c1)C(C)(C)c1cc(C(C)(C)C)cc(N3C=CC(=c4ccc(=C5C=CN(c6cc(C(C)(C)C)cc7c6-c6ccc(C(C)(C)C)cc6C7(C)C)C=C5)cc4)C=C3)c1-2. The van der Waals surface area contributed by atoms with E-state index in [1.165, 1.54) is 99.7 Å². The van der Waals surface area contributed by atoms with E-state index in [9.17, 15) is 0 Å². The van der Waals surface area contributed by atoms with Gasteiger partial charge in [-0.25, -0.2) is 0 Å². The van der Waals surface area contributed by atoms with E-state index in [1.807, 2.05) is 0 Å². The molecule has 0 unspecified atom stereocenters. The number of hydrogen-bond donors (Lipinski definition) is 0. The Bertz CT molecular complexity index is 2760. The minimum atomic E-state index is -0.0965. The van der Waals surface area contributed by atoms with Gasteiger partial charge in [0.1, 0.15) is 0 Å². The molecule has 2 nitrogen and oxygen atoms in total. The second kappa shape index (κ2) is 14.5. The Kier molecular flexibility index (Phi) is 9.86. The number of allylic oxidation sites excluding steroid dienone is 4. The molecule has 0 saturated heterocycles. The summed E-state index contributed by atoms with van der Waals surface area (Å²) in [5.74, 6) is 0. The largest absolute Gasteiger partial charge is 0.323 e. The van der Waals surface area contributed by atoms with Crippen molar-refractivity contribution in [2.45, 2.75) is 143 Å². The highest BCUT2D eigenvalue weighted by atomic mass is 15.1. The van der Waals surface area contributed by atoms with Gasteiger partial charge in [0.25, 0.3) is 0 Å². The molecule has 2 heterocycles. The molecular formula is C62H70N2. The zero-order chi connectivity index (χ0) is 46.1. The first-order valence-corrected chi connectivity index (χ1v) is 23.6. The fourth-order valence-electron chi connectivity index (χ4n) is 10.3. The Morgan fingerprint density at radius 2 is 0.641 bits per heavy atom.